The van der Waals surface area contributed by atoms with Crippen LogP contribution in [0.5, 0.6) is 5.88 Å². The van der Waals surface area contributed by atoms with Crippen LogP contribution in [0.1, 0.15) is 0 Å². The Labute approximate surface area is 96.9 Å². The molecule has 88 valence electrons. The van der Waals surface area contributed by atoms with Crippen LogP contribution >= 0.6 is 0 Å². The number of aromatic nitrogens is 1. The number of rotatable bonds is 2. The Balaban J connectivity index is 2.58. The Hall–Kier alpha value is -2.17. The van der Waals surface area contributed by atoms with Crippen LogP contribution in [0.3, 0.4) is 0 Å². The summed E-state index contributed by atoms with van der Waals surface area (Å²) in [6, 6.07) is 5.25. The molecule has 0 aliphatic carbocycles. The molecule has 5 heteroatoms. The van der Waals surface area contributed by atoms with Gasteiger partial charge in [-0.2, -0.15) is 0 Å². The van der Waals surface area contributed by atoms with E-state index in [1.165, 1.54) is 31.4 Å². The van der Waals surface area contributed by atoms with Crippen LogP contribution in [0.4, 0.5) is 14.5 Å². The van der Waals surface area contributed by atoms with Gasteiger partial charge in [-0.15, -0.1) is 0 Å². The Morgan fingerprint density at radius 3 is 2.59 bits per heavy atom. The maximum absolute atomic E-state index is 13.6. The largest absolute Gasteiger partial charge is 0.481 e. The van der Waals surface area contributed by atoms with Crippen LogP contribution in [0, 0.1) is 11.6 Å². The summed E-state index contributed by atoms with van der Waals surface area (Å²) >= 11 is 0. The summed E-state index contributed by atoms with van der Waals surface area (Å²) in [5.41, 5.74) is 6.28. The smallest absolute Gasteiger partial charge is 0.213 e. The van der Waals surface area contributed by atoms with Gasteiger partial charge in [0.15, 0.2) is 0 Å². The van der Waals surface area contributed by atoms with E-state index in [1.54, 1.807) is 0 Å². The first-order valence-corrected chi connectivity index (χ1v) is 4.86. The summed E-state index contributed by atoms with van der Waals surface area (Å²) in [4.78, 5) is 3.71. The minimum absolute atomic E-state index is 0.197. The quantitative estimate of drug-likeness (QED) is 0.815. The van der Waals surface area contributed by atoms with E-state index in [0.717, 1.165) is 6.20 Å². The number of halogens is 2. The lowest BCUT2D eigenvalue weighted by Crippen LogP contribution is -1.94. The van der Waals surface area contributed by atoms with Crippen LogP contribution < -0.4 is 10.5 Å². The van der Waals surface area contributed by atoms with Crippen molar-refractivity contribution in [3.8, 4) is 17.0 Å². The average Bonchev–Trinajstić information content (AvgIpc) is 2.28. The minimum atomic E-state index is -0.559. The van der Waals surface area contributed by atoms with Gasteiger partial charge < -0.3 is 10.5 Å². The molecule has 1 aromatic carbocycles. The molecule has 0 radical (unpaired) electrons. The van der Waals surface area contributed by atoms with Crippen molar-refractivity contribution in [3.63, 3.8) is 0 Å². The van der Waals surface area contributed by atoms with Crippen LogP contribution in [0.2, 0.25) is 0 Å². The number of benzene rings is 1. The third-order valence-corrected chi connectivity index (χ3v) is 2.27. The van der Waals surface area contributed by atoms with Crippen LogP contribution in [0.15, 0.2) is 30.5 Å². The van der Waals surface area contributed by atoms with Gasteiger partial charge in [0.25, 0.3) is 0 Å². The van der Waals surface area contributed by atoms with E-state index < -0.39 is 11.6 Å². The van der Waals surface area contributed by atoms with E-state index >= 15 is 0 Å². The molecule has 0 saturated carbocycles. The first-order chi connectivity index (χ1) is 8.10. The SMILES string of the molecule is COc1cc(-c2cc(N)cc(F)c2)c(F)cn1. The maximum Gasteiger partial charge on any atom is 0.213 e. The average molecular weight is 236 g/mol. The van der Waals surface area contributed by atoms with Gasteiger partial charge in [0.05, 0.1) is 13.3 Å². The number of hydrogen-bond acceptors (Lipinski definition) is 3. The van der Waals surface area contributed by atoms with E-state index in [2.05, 4.69) is 4.98 Å². The summed E-state index contributed by atoms with van der Waals surface area (Å²) in [6.07, 6.45) is 1.02. The molecule has 0 bridgehead atoms. The van der Waals surface area contributed by atoms with Crippen molar-refractivity contribution in [1.82, 2.24) is 4.98 Å². The van der Waals surface area contributed by atoms with Gasteiger partial charge in [-0.25, -0.2) is 13.8 Å². The van der Waals surface area contributed by atoms with Gasteiger partial charge in [-0.3, -0.25) is 0 Å². The molecule has 2 N–H and O–H groups in total. The van der Waals surface area contributed by atoms with E-state index in [0.29, 0.717) is 5.56 Å². The number of nitrogen functional groups attached to an aromatic ring is 1. The summed E-state index contributed by atoms with van der Waals surface area (Å²) in [7, 11) is 1.42. The molecule has 17 heavy (non-hydrogen) atoms. The lowest BCUT2D eigenvalue weighted by molar-refractivity contribution is 0.396. The monoisotopic (exact) mass is 236 g/mol. The fraction of sp³-hybridized carbons (Fsp3) is 0.0833. The van der Waals surface area contributed by atoms with Crippen molar-refractivity contribution < 1.29 is 13.5 Å². The molecule has 1 aromatic heterocycles. The van der Waals surface area contributed by atoms with E-state index in [4.69, 9.17) is 10.5 Å². The van der Waals surface area contributed by atoms with Crippen LogP contribution in [-0.2, 0) is 0 Å². The van der Waals surface area contributed by atoms with Crippen molar-refractivity contribution in [2.75, 3.05) is 12.8 Å². The van der Waals surface area contributed by atoms with Crippen molar-refractivity contribution in [1.29, 1.82) is 0 Å². The second-order valence-corrected chi connectivity index (χ2v) is 3.48. The highest BCUT2D eigenvalue weighted by atomic mass is 19.1. The van der Waals surface area contributed by atoms with Gasteiger partial charge >= 0.3 is 0 Å². The zero-order valence-corrected chi connectivity index (χ0v) is 9.08. The number of pyridine rings is 1. The molecule has 0 spiro atoms. The van der Waals surface area contributed by atoms with Crippen molar-refractivity contribution in [2.24, 2.45) is 0 Å². The van der Waals surface area contributed by atoms with Gasteiger partial charge in [0, 0.05) is 17.3 Å². The second kappa shape index (κ2) is 4.37. The predicted octanol–water partition coefficient (Wildman–Crippen LogP) is 2.62. The minimum Gasteiger partial charge on any atom is -0.481 e. The molecule has 2 rings (SSSR count). The molecule has 3 nitrogen and oxygen atoms in total. The number of anilines is 1. The standard InChI is InChI=1S/C12H10F2N2O/c1-17-12-5-10(11(14)6-16-12)7-2-8(13)4-9(15)3-7/h2-6H,15H2,1H3. The van der Waals surface area contributed by atoms with Gasteiger partial charge in [-0.1, -0.05) is 0 Å². The maximum atomic E-state index is 13.6. The molecule has 0 aliphatic heterocycles. The highest BCUT2D eigenvalue weighted by molar-refractivity contribution is 5.68. The zero-order chi connectivity index (χ0) is 12.4. The third kappa shape index (κ3) is 2.33. The topological polar surface area (TPSA) is 48.1 Å². The first-order valence-electron chi connectivity index (χ1n) is 4.86. The number of hydrogen-bond donors (Lipinski definition) is 1. The third-order valence-electron chi connectivity index (χ3n) is 2.27. The Bertz CT molecular complexity index is 538. The number of nitrogens with two attached hydrogens (primary N) is 1. The highest BCUT2D eigenvalue weighted by Crippen LogP contribution is 2.27. The lowest BCUT2D eigenvalue weighted by atomic mass is 10.1. The number of ether oxygens (including phenoxy) is 1. The molecule has 2 aromatic rings. The second-order valence-electron chi connectivity index (χ2n) is 3.48. The van der Waals surface area contributed by atoms with E-state index in [9.17, 15) is 8.78 Å². The van der Waals surface area contributed by atoms with Crippen LogP contribution in [0.25, 0.3) is 11.1 Å². The number of nitrogens with zero attached hydrogens (tertiary/aromatic N) is 1. The molecule has 0 aliphatic rings. The molecular formula is C12H10F2N2O. The van der Waals surface area contributed by atoms with Crippen molar-refractivity contribution in [3.05, 3.63) is 42.1 Å². The summed E-state index contributed by atoms with van der Waals surface area (Å²) in [5, 5.41) is 0. The van der Waals surface area contributed by atoms with Gasteiger partial charge in [0.1, 0.15) is 11.6 Å². The Morgan fingerprint density at radius 2 is 1.94 bits per heavy atom. The molecule has 1 heterocycles. The van der Waals surface area contributed by atoms with Crippen molar-refractivity contribution in [2.45, 2.75) is 0 Å². The molecule has 0 amide bonds. The van der Waals surface area contributed by atoms with Crippen molar-refractivity contribution >= 4 is 5.69 Å². The van der Waals surface area contributed by atoms with E-state index in [1.807, 2.05) is 0 Å². The fourth-order valence-corrected chi connectivity index (χ4v) is 1.52. The lowest BCUT2D eigenvalue weighted by Gasteiger charge is -2.06. The fourth-order valence-electron chi connectivity index (χ4n) is 1.52. The highest BCUT2D eigenvalue weighted by Gasteiger charge is 2.09. The summed E-state index contributed by atoms with van der Waals surface area (Å²) < 4.78 is 31.6. The normalized spacial score (nSPS) is 10.3. The van der Waals surface area contributed by atoms with Gasteiger partial charge in [0.2, 0.25) is 5.88 Å². The number of methoxy groups -OCH3 is 1. The predicted molar refractivity (Wildman–Crippen MR) is 60.6 cm³/mol. The molecule has 0 unspecified atom stereocenters. The molecule has 0 fully saturated rings. The Morgan fingerprint density at radius 1 is 1.18 bits per heavy atom. The Kier molecular flexibility index (Phi) is 2.91. The van der Waals surface area contributed by atoms with Gasteiger partial charge in [-0.05, 0) is 23.8 Å². The molecule has 0 saturated heterocycles. The molecule has 0 atom stereocenters. The summed E-state index contributed by atoms with van der Waals surface area (Å²) in [6.45, 7) is 0. The summed E-state index contributed by atoms with van der Waals surface area (Å²) in [5.74, 6) is -0.824. The van der Waals surface area contributed by atoms with Crippen LogP contribution in [-0.4, -0.2) is 12.1 Å². The van der Waals surface area contributed by atoms with E-state index in [-0.39, 0.29) is 17.1 Å². The molecular weight excluding hydrogens is 226 g/mol. The first kappa shape index (κ1) is 11.3. The zero-order valence-electron chi connectivity index (χ0n) is 9.08.